The number of unbranched alkanes of at least 4 members (excludes halogenated alkanes) is 1. The summed E-state index contributed by atoms with van der Waals surface area (Å²) in [5.74, 6) is 3.28. The van der Waals surface area contributed by atoms with Crippen molar-refractivity contribution in [1.29, 1.82) is 0 Å². The lowest BCUT2D eigenvalue weighted by Gasteiger charge is -2.47. The van der Waals surface area contributed by atoms with Crippen LogP contribution >= 0.6 is 0 Å². The summed E-state index contributed by atoms with van der Waals surface area (Å²) in [5, 5.41) is 22.8. The van der Waals surface area contributed by atoms with Crippen LogP contribution in [0.2, 0.25) is 0 Å². The number of nitrogens with zero attached hydrogens (tertiary/aromatic N) is 1. The minimum atomic E-state index is -0.0997. The number of ether oxygens (including phenoxy) is 2. The zero-order valence-electron chi connectivity index (χ0n) is 19.3. The van der Waals surface area contributed by atoms with Crippen LogP contribution < -0.4 is 15.2 Å². The molecule has 7 rings (SSSR count). The van der Waals surface area contributed by atoms with Crippen molar-refractivity contribution in [1.82, 2.24) is 9.55 Å². The number of hydrogen-bond donors (Lipinski definition) is 4. The Morgan fingerprint density at radius 1 is 1.03 bits per heavy atom. The molecule has 7 heteroatoms. The molecule has 34 heavy (non-hydrogen) atoms. The number of hydrogen-bond acceptors (Lipinski definition) is 5. The van der Waals surface area contributed by atoms with E-state index in [4.69, 9.17) is 15.2 Å². The van der Waals surface area contributed by atoms with Crippen molar-refractivity contribution in [3.63, 3.8) is 0 Å². The highest BCUT2D eigenvalue weighted by atomic mass is 16.5. The van der Waals surface area contributed by atoms with Gasteiger partial charge in [0.25, 0.3) is 0 Å². The van der Waals surface area contributed by atoms with Gasteiger partial charge in [0, 0.05) is 52.6 Å². The van der Waals surface area contributed by atoms with Gasteiger partial charge in [-0.25, -0.2) is 0 Å². The van der Waals surface area contributed by atoms with Gasteiger partial charge in [-0.05, 0) is 42.9 Å². The fourth-order valence-electron chi connectivity index (χ4n) is 5.94. The van der Waals surface area contributed by atoms with E-state index in [-0.39, 0.29) is 29.6 Å². The van der Waals surface area contributed by atoms with E-state index in [9.17, 15) is 10.2 Å². The second-order valence-electron chi connectivity index (χ2n) is 9.73. The third kappa shape index (κ3) is 3.21. The average molecular weight is 462 g/mol. The van der Waals surface area contributed by atoms with Gasteiger partial charge < -0.3 is 30.4 Å². The highest BCUT2D eigenvalue weighted by Gasteiger charge is 2.49. The first-order valence-electron chi connectivity index (χ1n) is 12.1. The molecule has 2 bridgehead atoms. The maximum Gasteiger partial charge on any atom is 0.198 e. The third-order valence-electron chi connectivity index (χ3n) is 7.82. The Kier molecular flexibility index (Phi) is 5.10. The minimum absolute atomic E-state index is 0.0997. The first-order valence-corrected chi connectivity index (χ1v) is 12.1. The molecule has 5 N–H and O–H groups in total. The van der Waals surface area contributed by atoms with Gasteiger partial charge in [0.2, 0.25) is 0 Å². The van der Waals surface area contributed by atoms with Crippen LogP contribution in [0.5, 0.6) is 23.3 Å². The molecule has 178 valence electrons. The Balaban J connectivity index is 1.03. The molecule has 4 aliphatic carbocycles. The van der Waals surface area contributed by atoms with Crippen molar-refractivity contribution in [2.45, 2.75) is 43.7 Å². The fraction of sp³-hybridized carbons (Fsp3) is 0.407. The molecule has 7 nitrogen and oxygen atoms in total. The van der Waals surface area contributed by atoms with Crippen molar-refractivity contribution >= 4 is 10.9 Å². The van der Waals surface area contributed by atoms with Crippen LogP contribution in [0.1, 0.15) is 42.2 Å². The lowest BCUT2D eigenvalue weighted by atomic mass is 9.56. The topological polar surface area (TPSA) is 106 Å². The molecule has 2 aromatic heterocycles. The average Bonchev–Trinajstić information content (AvgIpc) is 3.34. The summed E-state index contributed by atoms with van der Waals surface area (Å²) in [6, 6.07) is 5.73. The molecule has 0 spiro atoms. The standard InChI is InChI=1S/C27H31N3O4/c1-33-16-5-10-22-21(12-16)23(13-29-22)34-14-15(28)4-2-3-11-30-26(31)24-19-8-9-20(25(24)27(30)32)18-7-6-17(18)19/h5-10,12-13,15,17-20,29,31-32H,2-4,11,14,28H2,1H3. The molecule has 0 fully saturated rings. The van der Waals surface area contributed by atoms with Gasteiger partial charge in [-0.2, -0.15) is 0 Å². The zero-order valence-corrected chi connectivity index (χ0v) is 19.3. The predicted molar refractivity (Wildman–Crippen MR) is 131 cm³/mol. The summed E-state index contributed by atoms with van der Waals surface area (Å²) in [5.41, 5.74) is 9.16. The molecule has 2 heterocycles. The highest BCUT2D eigenvalue weighted by molar-refractivity contribution is 5.87. The maximum absolute atomic E-state index is 10.9. The number of allylic oxidation sites excluding steroid dienone is 4. The van der Waals surface area contributed by atoms with Crippen LogP contribution in [0.3, 0.4) is 0 Å². The van der Waals surface area contributed by atoms with E-state index in [0.29, 0.717) is 25.0 Å². The molecular weight excluding hydrogens is 430 g/mol. The van der Waals surface area contributed by atoms with Gasteiger partial charge in [0.05, 0.1) is 7.11 Å². The van der Waals surface area contributed by atoms with Gasteiger partial charge in [-0.1, -0.05) is 30.7 Å². The number of H-pyrrole nitrogens is 1. The number of rotatable bonds is 9. The molecule has 5 unspecified atom stereocenters. The van der Waals surface area contributed by atoms with Crippen molar-refractivity contribution in [3.8, 4) is 23.3 Å². The second kappa shape index (κ2) is 8.17. The molecule has 0 aliphatic heterocycles. The fourth-order valence-corrected chi connectivity index (χ4v) is 5.94. The number of benzene rings is 1. The van der Waals surface area contributed by atoms with Crippen molar-refractivity contribution in [2.75, 3.05) is 13.7 Å². The Hall–Kier alpha value is -3.32. The second-order valence-corrected chi connectivity index (χ2v) is 9.73. The van der Waals surface area contributed by atoms with Crippen LogP contribution in [-0.4, -0.2) is 39.5 Å². The molecule has 1 aromatic carbocycles. The number of fused-ring (bicyclic) bond motifs is 1. The number of aromatic hydroxyl groups is 2. The van der Waals surface area contributed by atoms with Gasteiger partial charge >= 0.3 is 0 Å². The monoisotopic (exact) mass is 461 g/mol. The molecule has 3 aromatic rings. The smallest absolute Gasteiger partial charge is 0.198 e. The quantitative estimate of drug-likeness (QED) is 0.277. The van der Waals surface area contributed by atoms with E-state index in [1.165, 1.54) is 0 Å². The predicted octanol–water partition coefficient (Wildman–Crippen LogP) is 4.52. The first-order chi connectivity index (χ1) is 16.6. The summed E-state index contributed by atoms with van der Waals surface area (Å²) in [6.45, 7) is 0.992. The van der Waals surface area contributed by atoms with Gasteiger partial charge in [-0.3, -0.25) is 4.57 Å². The summed E-state index contributed by atoms with van der Waals surface area (Å²) < 4.78 is 13.0. The van der Waals surface area contributed by atoms with Crippen LogP contribution in [0.15, 0.2) is 48.7 Å². The van der Waals surface area contributed by atoms with Gasteiger partial charge in [0.15, 0.2) is 11.8 Å². The minimum Gasteiger partial charge on any atom is -0.497 e. The lowest BCUT2D eigenvalue weighted by molar-refractivity contribution is 0.280. The Bertz CT molecular complexity index is 1240. The maximum atomic E-state index is 10.9. The highest BCUT2D eigenvalue weighted by Crippen LogP contribution is 2.61. The van der Waals surface area contributed by atoms with E-state index in [1.807, 2.05) is 24.4 Å². The zero-order chi connectivity index (χ0) is 23.4. The molecule has 5 atom stereocenters. The normalized spacial score (nSPS) is 24.6. The van der Waals surface area contributed by atoms with Crippen molar-refractivity contribution in [3.05, 3.63) is 59.8 Å². The van der Waals surface area contributed by atoms with Crippen molar-refractivity contribution < 1.29 is 19.7 Å². The Labute approximate surface area is 198 Å². The van der Waals surface area contributed by atoms with E-state index in [2.05, 4.69) is 29.3 Å². The number of nitrogens with two attached hydrogens (primary N) is 1. The largest absolute Gasteiger partial charge is 0.497 e. The summed E-state index contributed by atoms with van der Waals surface area (Å²) >= 11 is 0. The number of aromatic amines is 1. The molecule has 4 aliphatic rings. The summed E-state index contributed by atoms with van der Waals surface area (Å²) in [6.07, 6.45) is 13.2. The van der Waals surface area contributed by atoms with Gasteiger partial charge in [-0.15, -0.1) is 0 Å². The van der Waals surface area contributed by atoms with E-state index in [0.717, 1.165) is 52.8 Å². The van der Waals surface area contributed by atoms with Crippen LogP contribution in [-0.2, 0) is 6.54 Å². The summed E-state index contributed by atoms with van der Waals surface area (Å²) in [4.78, 5) is 3.20. The third-order valence-corrected chi connectivity index (χ3v) is 7.82. The Morgan fingerprint density at radius 3 is 2.38 bits per heavy atom. The molecule has 0 saturated carbocycles. The molecule has 0 radical (unpaired) electrons. The van der Waals surface area contributed by atoms with E-state index < -0.39 is 0 Å². The number of nitrogens with one attached hydrogen (secondary N) is 1. The first kappa shape index (κ1) is 21.2. The van der Waals surface area contributed by atoms with Crippen molar-refractivity contribution in [2.24, 2.45) is 17.6 Å². The molecule has 0 saturated heterocycles. The van der Waals surface area contributed by atoms with E-state index >= 15 is 0 Å². The summed E-state index contributed by atoms with van der Waals surface area (Å²) in [7, 11) is 1.65. The van der Waals surface area contributed by atoms with E-state index in [1.54, 1.807) is 11.7 Å². The lowest BCUT2D eigenvalue weighted by Crippen LogP contribution is -2.36. The molecule has 0 amide bonds. The Morgan fingerprint density at radius 2 is 1.74 bits per heavy atom. The van der Waals surface area contributed by atoms with Crippen LogP contribution in [0, 0.1) is 11.8 Å². The molecular formula is C27H31N3O4. The number of aromatic nitrogens is 2. The van der Waals surface area contributed by atoms with Crippen LogP contribution in [0.4, 0.5) is 0 Å². The number of methoxy groups -OCH3 is 1. The van der Waals surface area contributed by atoms with Gasteiger partial charge in [0.1, 0.15) is 18.1 Å². The van der Waals surface area contributed by atoms with Crippen LogP contribution in [0.25, 0.3) is 10.9 Å². The SMILES string of the molecule is COc1ccc2[nH]cc(OCC(N)CCCCn3c(O)c4c(c3O)C3C=CC4C4C=CC34)c2c1.